The van der Waals surface area contributed by atoms with E-state index in [0.717, 1.165) is 11.1 Å². The number of nitrogens with zero attached hydrogens (tertiary/aromatic N) is 2. The summed E-state index contributed by atoms with van der Waals surface area (Å²) in [6.45, 7) is 1.69. The molecule has 0 aliphatic carbocycles. The van der Waals surface area contributed by atoms with Crippen LogP contribution in [0.4, 0.5) is 8.78 Å². The minimum atomic E-state index is -2.94. The summed E-state index contributed by atoms with van der Waals surface area (Å²) in [5.41, 5.74) is 3.06. The van der Waals surface area contributed by atoms with Crippen LogP contribution in [0.15, 0.2) is 47.6 Å². The number of hydrogen-bond acceptors (Lipinski definition) is 5. The van der Waals surface area contributed by atoms with Gasteiger partial charge >= 0.3 is 0 Å². The molecule has 6 nitrogen and oxygen atoms in total. The van der Waals surface area contributed by atoms with E-state index in [-0.39, 0.29) is 30.4 Å². The van der Waals surface area contributed by atoms with Crippen LogP contribution in [-0.2, 0) is 22.6 Å². The number of pyridine rings is 1. The Bertz CT molecular complexity index is 948. The van der Waals surface area contributed by atoms with Crippen molar-refractivity contribution in [3.8, 4) is 0 Å². The maximum atomic E-state index is 12.5. The Morgan fingerprint density at radius 1 is 1.23 bits per heavy atom. The summed E-state index contributed by atoms with van der Waals surface area (Å²) in [6, 6.07) is 11.6. The number of carbonyl (C=O) groups excluding carboxylic acids is 2. The molecule has 1 unspecified atom stereocenters. The van der Waals surface area contributed by atoms with Crippen LogP contribution in [-0.4, -0.2) is 46.6 Å². The van der Waals surface area contributed by atoms with E-state index in [4.69, 9.17) is 5.11 Å². The third-order valence-corrected chi connectivity index (χ3v) is 4.97. The first-order valence-electron chi connectivity index (χ1n) is 9.68. The summed E-state index contributed by atoms with van der Waals surface area (Å²) < 4.78 is 24.7. The first-order chi connectivity index (χ1) is 14.3. The quantitative estimate of drug-likeness (QED) is 0.658. The van der Waals surface area contributed by atoms with Gasteiger partial charge in [-0.2, -0.15) is 0 Å². The van der Waals surface area contributed by atoms with Gasteiger partial charge in [-0.1, -0.05) is 37.3 Å². The summed E-state index contributed by atoms with van der Waals surface area (Å²) in [4.78, 5) is 33.0. The molecule has 2 N–H and O–H groups in total. The van der Waals surface area contributed by atoms with Crippen molar-refractivity contribution in [1.29, 1.82) is 0 Å². The monoisotopic (exact) mass is 415 g/mol. The van der Waals surface area contributed by atoms with Crippen molar-refractivity contribution < 1.29 is 23.5 Å². The maximum absolute atomic E-state index is 12.5. The van der Waals surface area contributed by atoms with Gasteiger partial charge in [0.1, 0.15) is 17.6 Å². The molecule has 0 fully saturated rings. The van der Waals surface area contributed by atoms with Crippen LogP contribution in [0, 0.1) is 0 Å². The molecule has 0 saturated carbocycles. The van der Waals surface area contributed by atoms with Gasteiger partial charge in [0.05, 0.1) is 6.54 Å². The molecule has 1 aromatic carbocycles. The molecule has 30 heavy (non-hydrogen) atoms. The number of alkyl halides is 2. The molecule has 158 valence electrons. The zero-order valence-electron chi connectivity index (χ0n) is 16.5. The van der Waals surface area contributed by atoms with Gasteiger partial charge in [0.25, 0.3) is 12.3 Å². The molecular formula is C22H23F2N3O3. The molecule has 1 aromatic heterocycles. The lowest BCUT2D eigenvalue weighted by Gasteiger charge is -2.12. The molecule has 1 aliphatic rings. The van der Waals surface area contributed by atoms with Crippen LogP contribution >= 0.6 is 0 Å². The number of aliphatic imine (C=N–C) groups is 1. The van der Waals surface area contributed by atoms with Gasteiger partial charge in [0.2, 0.25) is 0 Å². The van der Waals surface area contributed by atoms with Crippen LogP contribution in [0.5, 0.6) is 0 Å². The Labute approximate surface area is 173 Å². The van der Waals surface area contributed by atoms with E-state index >= 15 is 0 Å². The van der Waals surface area contributed by atoms with Crippen LogP contribution in [0.3, 0.4) is 0 Å². The SMILES string of the molecule is C[C@@H](CC(=O)Cc1cc2c(cn1)C(C(=O)NCC(O)C(F)F)=NC2)c1ccccc1. The number of aromatic nitrogens is 1. The van der Waals surface area contributed by atoms with Crippen molar-refractivity contribution >= 4 is 17.4 Å². The number of aliphatic hydroxyl groups excluding tert-OH is 1. The van der Waals surface area contributed by atoms with Gasteiger partial charge in [0.15, 0.2) is 0 Å². The lowest BCUT2D eigenvalue weighted by molar-refractivity contribution is -0.119. The Kier molecular flexibility index (Phi) is 6.99. The third-order valence-electron chi connectivity index (χ3n) is 4.97. The molecule has 0 radical (unpaired) electrons. The smallest absolute Gasteiger partial charge is 0.270 e. The Morgan fingerprint density at radius 3 is 2.67 bits per heavy atom. The highest BCUT2D eigenvalue weighted by molar-refractivity contribution is 6.46. The summed E-state index contributed by atoms with van der Waals surface area (Å²) >= 11 is 0. The topological polar surface area (TPSA) is 91.7 Å². The minimum absolute atomic E-state index is 0.0664. The second-order valence-electron chi connectivity index (χ2n) is 7.34. The fraction of sp³-hybridized carbons (Fsp3) is 0.364. The molecule has 2 atom stereocenters. The van der Waals surface area contributed by atoms with Gasteiger partial charge in [-0.25, -0.2) is 8.78 Å². The number of carbonyl (C=O) groups is 2. The number of ketones is 1. The number of hydrogen-bond donors (Lipinski definition) is 2. The Morgan fingerprint density at radius 2 is 1.97 bits per heavy atom. The van der Waals surface area contributed by atoms with E-state index in [0.29, 0.717) is 17.7 Å². The van der Waals surface area contributed by atoms with Gasteiger partial charge < -0.3 is 10.4 Å². The predicted octanol–water partition coefficient (Wildman–Crippen LogP) is 2.43. The molecule has 1 amide bonds. The van der Waals surface area contributed by atoms with Gasteiger partial charge in [-0.3, -0.25) is 19.6 Å². The zero-order chi connectivity index (χ0) is 21.7. The van der Waals surface area contributed by atoms with Gasteiger partial charge in [-0.15, -0.1) is 0 Å². The number of rotatable bonds is 9. The van der Waals surface area contributed by atoms with E-state index in [1.807, 2.05) is 37.3 Å². The lowest BCUT2D eigenvalue weighted by atomic mass is 9.94. The molecule has 1 aliphatic heterocycles. The highest BCUT2D eigenvalue weighted by atomic mass is 19.3. The number of aliphatic hydroxyl groups is 1. The van der Waals surface area contributed by atoms with Crippen LogP contribution in [0.25, 0.3) is 0 Å². The molecule has 0 spiro atoms. The molecule has 0 bridgehead atoms. The number of fused-ring (bicyclic) bond motifs is 1. The lowest BCUT2D eigenvalue weighted by Crippen LogP contribution is -2.39. The zero-order valence-corrected chi connectivity index (χ0v) is 16.5. The van der Waals surface area contributed by atoms with Crippen molar-refractivity contribution in [2.45, 2.75) is 44.8 Å². The van der Waals surface area contributed by atoms with Gasteiger partial charge in [-0.05, 0) is 23.1 Å². The van der Waals surface area contributed by atoms with Crippen LogP contribution in [0.2, 0.25) is 0 Å². The molecule has 3 rings (SSSR count). The standard InChI is InChI=1S/C22H23F2N3O3/c1-13(14-5-3-2-4-6-14)7-17(28)9-16-8-15-10-26-20(18(15)11-25-16)22(30)27-12-19(29)21(23)24/h2-6,8,11,13,19,21,29H,7,9-10,12H2,1H3,(H,27,30)/t13-,19?/m0/s1. The van der Waals surface area contributed by atoms with E-state index in [2.05, 4.69) is 15.3 Å². The van der Waals surface area contributed by atoms with E-state index < -0.39 is 25.0 Å². The highest BCUT2D eigenvalue weighted by Gasteiger charge is 2.25. The van der Waals surface area contributed by atoms with Crippen molar-refractivity contribution in [3.05, 3.63) is 65.0 Å². The number of benzene rings is 1. The van der Waals surface area contributed by atoms with Gasteiger partial charge in [0, 0.05) is 36.8 Å². The molecule has 2 heterocycles. The fourth-order valence-corrected chi connectivity index (χ4v) is 3.32. The number of nitrogens with one attached hydrogen (secondary N) is 1. The number of halogens is 2. The van der Waals surface area contributed by atoms with E-state index in [9.17, 15) is 18.4 Å². The summed E-state index contributed by atoms with van der Waals surface area (Å²) in [5.74, 6) is -0.470. The Balaban J connectivity index is 1.58. The normalized spacial score (nSPS) is 14.8. The second kappa shape index (κ2) is 9.67. The van der Waals surface area contributed by atoms with Crippen LogP contribution < -0.4 is 5.32 Å². The minimum Gasteiger partial charge on any atom is -0.385 e. The average molecular weight is 415 g/mol. The van der Waals surface area contributed by atoms with E-state index in [1.54, 1.807) is 6.07 Å². The average Bonchev–Trinajstić information content (AvgIpc) is 3.15. The first-order valence-corrected chi connectivity index (χ1v) is 9.68. The highest BCUT2D eigenvalue weighted by Crippen LogP contribution is 2.22. The Hall–Kier alpha value is -3.00. The van der Waals surface area contributed by atoms with Crippen molar-refractivity contribution in [2.75, 3.05) is 6.54 Å². The van der Waals surface area contributed by atoms with E-state index in [1.165, 1.54) is 6.20 Å². The summed E-state index contributed by atoms with van der Waals surface area (Å²) in [5, 5.41) is 11.4. The molecule has 8 heteroatoms. The molecule has 0 saturated heterocycles. The summed E-state index contributed by atoms with van der Waals surface area (Å²) in [7, 11) is 0. The largest absolute Gasteiger partial charge is 0.385 e. The molecule has 2 aromatic rings. The number of amides is 1. The van der Waals surface area contributed by atoms with Crippen molar-refractivity contribution in [2.24, 2.45) is 4.99 Å². The number of Topliss-reactive ketones (excluding diaryl/α,β-unsaturated/α-hetero) is 1. The van der Waals surface area contributed by atoms with Crippen molar-refractivity contribution in [1.82, 2.24) is 10.3 Å². The van der Waals surface area contributed by atoms with Crippen molar-refractivity contribution in [3.63, 3.8) is 0 Å². The molecular weight excluding hydrogens is 392 g/mol. The summed E-state index contributed by atoms with van der Waals surface area (Å²) in [6.07, 6.45) is -2.80. The van der Waals surface area contributed by atoms with Crippen LogP contribution in [0.1, 0.15) is 41.6 Å². The maximum Gasteiger partial charge on any atom is 0.270 e. The second-order valence-corrected chi connectivity index (χ2v) is 7.34. The first kappa shape index (κ1) is 21.7. The predicted molar refractivity (Wildman–Crippen MR) is 108 cm³/mol. The fourth-order valence-electron chi connectivity index (χ4n) is 3.32. The third kappa shape index (κ3) is 5.33.